The molecule has 3 aromatic rings. The van der Waals surface area contributed by atoms with Gasteiger partial charge in [0.05, 0.1) is 28.7 Å². The highest BCUT2D eigenvalue weighted by molar-refractivity contribution is 9.10. The van der Waals surface area contributed by atoms with Crippen LogP contribution in [0.3, 0.4) is 0 Å². The van der Waals surface area contributed by atoms with E-state index in [1.54, 1.807) is 6.33 Å². The third kappa shape index (κ3) is 2.17. The minimum Gasteiger partial charge on any atom is -0.397 e. The van der Waals surface area contributed by atoms with Crippen molar-refractivity contribution in [1.82, 2.24) is 9.97 Å². The zero-order chi connectivity index (χ0) is 13.4. The lowest BCUT2D eigenvalue weighted by Crippen LogP contribution is -2.11. The summed E-state index contributed by atoms with van der Waals surface area (Å²) in [6, 6.07) is 12.0. The molecule has 96 valence electrons. The second kappa shape index (κ2) is 4.59. The van der Waals surface area contributed by atoms with Crippen molar-refractivity contribution in [3.8, 4) is 0 Å². The Morgan fingerprint density at radius 2 is 2.05 bits per heavy atom. The third-order valence-corrected chi connectivity index (χ3v) is 3.64. The fourth-order valence-electron chi connectivity index (χ4n) is 2.10. The summed E-state index contributed by atoms with van der Waals surface area (Å²) in [6.07, 6.45) is 1.70. The van der Waals surface area contributed by atoms with Gasteiger partial charge < -0.3 is 15.6 Å². The van der Waals surface area contributed by atoms with Crippen molar-refractivity contribution >= 4 is 44.0 Å². The van der Waals surface area contributed by atoms with Gasteiger partial charge in [-0.15, -0.1) is 0 Å². The monoisotopic (exact) mass is 316 g/mol. The van der Waals surface area contributed by atoms with E-state index in [-0.39, 0.29) is 0 Å². The van der Waals surface area contributed by atoms with Crippen LogP contribution in [0.25, 0.3) is 11.0 Å². The molecule has 0 saturated carbocycles. The molecule has 0 unspecified atom stereocenters. The highest BCUT2D eigenvalue weighted by Gasteiger charge is 2.09. The Morgan fingerprint density at radius 1 is 1.21 bits per heavy atom. The number of hydrogen-bond donors (Lipinski definition) is 2. The van der Waals surface area contributed by atoms with Gasteiger partial charge in [-0.1, -0.05) is 15.9 Å². The summed E-state index contributed by atoms with van der Waals surface area (Å²) < 4.78 is 0.978. The predicted octanol–water partition coefficient (Wildman–Crippen LogP) is 3.68. The first-order valence-corrected chi connectivity index (χ1v) is 6.66. The number of nitrogen functional groups attached to an aromatic ring is 1. The number of aromatic nitrogens is 2. The van der Waals surface area contributed by atoms with Crippen molar-refractivity contribution in [2.24, 2.45) is 0 Å². The molecule has 0 fully saturated rings. The number of hydrogen-bond acceptors (Lipinski definition) is 3. The molecule has 19 heavy (non-hydrogen) atoms. The lowest BCUT2D eigenvalue weighted by molar-refractivity contribution is 1.21. The van der Waals surface area contributed by atoms with E-state index in [1.807, 2.05) is 37.4 Å². The standard InChI is InChI=1S/C14H13BrN4/c1-19(14-5-2-9(15)6-11(14)16)10-3-4-12-13(7-10)18-8-17-12/h2-8H,16H2,1H3,(H,17,18). The summed E-state index contributed by atoms with van der Waals surface area (Å²) in [7, 11) is 2.00. The molecule has 2 aromatic carbocycles. The van der Waals surface area contributed by atoms with Crippen LogP contribution in [0.4, 0.5) is 17.1 Å². The number of halogens is 1. The van der Waals surface area contributed by atoms with Gasteiger partial charge in [0, 0.05) is 17.2 Å². The summed E-state index contributed by atoms with van der Waals surface area (Å²) in [5.41, 5.74) is 10.8. The van der Waals surface area contributed by atoms with E-state index < -0.39 is 0 Å². The number of H-pyrrole nitrogens is 1. The fourth-order valence-corrected chi connectivity index (χ4v) is 2.48. The van der Waals surface area contributed by atoms with Gasteiger partial charge in [0.15, 0.2) is 0 Å². The van der Waals surface area contributed by atoms with Crippen LogP contribution < -0.4 is 10.6 Å². The minimum atomic E-state index is 0.738. The van der Waals surface area contributed by atoms with E-state index in [9.17, 15) is 0 Å². The second-order valence-electron chi connectivity index (χ2n) is 4.37. The summed E-state index contributed by atoms with van der Waals surface area (Å²) >= 11 is 3.42. The van der Waals surface area contributed by atoms with Crippen LogP contribution in [0.15, 0.2) is 47.2 Å². The van der Waals surface area contributed by atoms with E-state index in [2.05, 4.69) is 36.9 Å². The Labute approximate surface area is 119 Å². The lowest BCUT2D eigenvalue weighted by atomic mass is 10.2. The molecule has 0 aliphatic heterocycles. The van der Waals surface area contributed by atoms with Crippen LogP contribution >= 0.6 is 15.9 Å². The van der Waals surface area contributed by atoms with Crippen LogP contribution in [0.5, 0.6) is 0 Å². The molecule has 1 heterocycles. The smallest absolute Gasteiger partial charge is 0.0931 e. The second-order valence-corrected chi connectivity index (χ2v) is 5.28. The van der Waals surface area contributed by atoms with Crippen molar-refractivity contribution in [3.05, 3.63) is 47.2 Å². The zero-order valence-electron chi connectivity index (χ0n) is 10.4. The average molecular weight is 317 g/mol. The number of anilines is 3. The van der Waals surface area contributed by atoms with Gasteiger partial charge in [0.1, 0.15) is 0 Å². The molecule has 1 aromatic heterocycles. The van der Waals surface area contributed by atoms with Gasteiger partial charge in [0.2, 0.25) is 0 Å². The number of fused-ring (bicyclic) bond motifs is 1. The summed E-state index contributed by atoms with van der Waals surface area (Å²) in [5.74, 6) is 0. The average Bonchev–Trinajstić information content (AvgIpc) is 2.85. The van der Waals surface area contributed by atoms with Gasteiger partial charge in [-0.2, -0.15) is 0 Å². The Bertz CT molecular complexity index is 735. The highest BCUT2D eigenvalue weighted by Crippen LogP contribution is 2.31. The first-order valence-electron chi connectivity index (χ1n) is 5.87. The first-order chi connectivity index (χ1) is 9.15. The molecule has 3 rings (SSSR count). The van der Waals surface area contributed by atoms with Gasteiger partial charge >= 0.3 is 0 Å². The number of benzene rings is 2. The molecule has 5 heteroatoms. The van der Waals surface area contributed by atoms with E-state index in [1.165, 1.54) is 0 Å². The number of rotatable bonds is 2. The maximum absolute atomic E-state index is 6.06. The molecule has 0 saturated heterocycles. The van der Waals surface area contributed by atoms with Crippen LogP contribution in [0.1, 0.15) is 0 Å². The highest BCUT2D eigenvalue weighted by atomic mass is 79.9. The van der Waals surface area contributed by atoms with Crippen molar-refractivity contribution < 1.29 is 0 Å². The van der Waals surface area contributed by atoms with Gasteiger partial charge in [-0.3, -0.25) is 0 Å². The molecule has 0 spiro atoms. The maximum Gasteiger partial charge on any atom is 0.0931 e. The van der Waals surface area contributed by atoms with Crippen LogP contribution in [-0.2, 0) is 0 Å². The summed E-state index contributed by atoms with van der Waals surface area (Å²) in [5, 5.41) is 0. The first kappa shape index (κ1) is 12.0. The van der Waals surface area contributed by atoms with E-state index in [0.29, 0.717) is 0 Å². The Balaban J connectivity index is 2.04. The quantitative estimate of drug-likeness (QED) is 0.709. The van der Waals surface area contributed by atoms with Crippen molar-refractivity contribution in [2.45, 2.75) is 0 Å². The number of nitrogens with two attached hydrogens (primary N) is 1. The number of imidazole rings is 1. The molecule has 0 amide bonds. The minimum absolute atomic E-state index is 0.738. The van der Waals surface area contributed by atoms with Crippen molar-refractivity contribution in [3.63, 3.8) is 0 Å². The lowest BCUT2D eigenvalue weighted by Gasteiger charge is -2.21. The number of aromatic amines is 1. The molecule has 0 atom stereocenters. The van der Waals surface area contributed by atoms with Crippen LogP contribution in [0.2, 0.25) is 0 Å². The van der Waals surface area contributed by atoms with E-state index in [0.717, 1.165) is 32.6 Å². The largest absolute Gasteiger partial charge is 0.397 e. The molecular weight excluding hydrogens is 304 g/mol. The van der Waals surface area contributed by atoms with Gasteiger partial charge in [-0.05, 0) is 36.4 Å². The molecule has 4 nitrogen and oxygen atoms in total. The molecule has 0 bridgehead atoms. The maximum atomic E-state index is 6.06. The fraction of sp³-hybridized carbons (Fsp3) is 0.0714. The number of nitrogens with zero attached hydrogens (tertiary/aromatic N) is 2. The molecule has 3 N–H and O–H groups in total. The van der Waals surface area contributed by atoms with Gasteiger partial charge in [0.25, 0.3) is 0 Å². The topological polar surface area (TPSA) is 57.9 Å². The zero-order valence-corrected chi connectivity index (χ0v) is 12.0. The molecule has 0 aliphatic rings. The third-order valence-electron chi connectivity index (χ3n) is 3.14. The summed E-state index contributed by atoms with van der Waals surface area (Å²) in [4.78, 5) is 9.39. The van der Waals surface area contributed by atoms with Crippen LogP contribution in [0, 0.1) is 0 Å². The normalized spacial score (nSPS) is 10.8. The predicted molar refractivity (Wildman–Crippen MR) is 82.7 cm³/mol. The van der Waals surface area contributed by atoms with Crippen molar-refractivity contribution in [2.75, 3.05) is 17.7 Å². The Hall–Kier alpha value is -2.01. The Morgan fingerprint density at radius 3 is 2.84 bits per heavy atom. The molecule has 0 aliphatic carbocycles. The van der Waals surface area contributed by atoms with Crippen LogP contribution in [-0.4, -0.2) is 17.0 Å². The molecular formula is C14H13BrN4. The van der Waals surface area contributed by atoms with E-state index in [4.69, 9.17) is 5.73 Å². The van der Waals surface area contributed by atoms with Gasteiger partial charge in [-0.25, -0.2) is 4.98 Å². The summed E-state index contributed by atoms with van der Waals surface area (Å²) in [6.45, 7) is 0. The van der Waals surface area contributed by atoms with E-state index >= 15 is 0 Å². The Kier molecular flexibility index (Phi) is 2.91. The SMILES string of the molecule is CN(c1ccc2nc[nH]c2c1)c1ccc(Br)cc1N. The molecule has 0 radical (unpaired) electrons. The number of nitrogens with one attached hydrogen (secondary N) is 1. The van der Waals surface area contributed by atoms with Crippen molar-refractivity contribution in [1.29, 1.82) is 0 Å².